The number of carbonyl (C=O) groups is 1. The first-order chi connectivity index (χ1) is 12.1. The number of benzene rings is 1. The molecule has 1 aromatic carbocycles. The van der Waals surface area contributed by atoms with Crippen LogP contribution in [0.3, 0.4) is 0 Å². The second-order valence-electron chi connectivity index (χ2n) is 7.14. The highest BCUT2D eigenvalue weighted by molar-refractivity contribution is 5.80. The lowest BCUT2D eigenvalue weighted by atomic mass is 9.87. The highest BCUT2D eigenvalue weighted by Crippen LogP contribution is 2.38. The van der Waals surface area contributed by atoms with Gasteiger partial charge in [0.1, 0.15) is 6.04 Å². The first kappa shape index (κ1) is 16.1. The maximum absolute atomic E-state index is 12.8. The summed E-state index contributed by atoms with van der Waals surface area (Å²) in [5.74, 6) is 0.302. The van der Waals surface area contributed by atoms with E-state index in [9.17, 15) is 9.59 Å². The number of fused-ring (bicyclic) bond motifs is 1. The Morgan fingerprint density at radius 1 is 1.20 bits per heavy atom. The molecule has 0 radical (unpaired) electrons. The van der Waals surface area contributed by atoms with Gasteiger partial charge < -0.3 is 5.32 Å². The lowest BCUT2D eigenvalue weighted by Crippen LogP contribution is -2.39. The van der Waals surface area contributed by atoms with Crippen LogP contribution in [0.2, 0.25) is 0 Å². The molecule has 5 heteroatoms. The molecule has 2 unspecified atom stereocenters. The summed E-state index contributed by atoms with van der Waals surface area (Å²) in [5, 5.41) is 7.56. The van der Waals surface area contributed by atoms with Crippen molar-refractivity contribution in [1.29, 1.82) is 0 Å². The van der Waals surface area contributed by atoms with E-state index in [1.165, 1.54) is 21.9 Å². The molecule has 25 heavy (non-hydrogen) atoms. The summed E-state index contributed by atoms with van der Waals surface area (Å²) >= 11 is 0. The minimum absolute atomic E-state index is 0.0159. The Hall–Kier alpha value is -2.43. The summed E-state index contributed by atoms with van der Waals surface area (Å²) in [6, 6.07) is 11.0. The summed E-state index contributed by atoms with van der Waals surface area (Å²) in [4.78, 5) is 24.9. The van der Waals surface area contributed by atoms with Crippen molar-refractivity contribution in [3.05, 3.63) is 63.6 Å². The van der Waals surface area contributed by atoms with E-state index in [0.717, 1.165) is 37.8 Å². The van der Waals surface area contributed by atoms with E-state index >= 15 is 0 Å². The molecular formula is C20H23N3O2. The van der Waals surface area contributed by atoms with Crippen molar-refractivity contribution in [1.82, 2.24) is 15.1 Å². The fourth-order valence-corrected chi connectivity index (χ4v) is 3.62. The van der Waals surface area contributed by atoms with E-state index in [1.807, 2.05) is 12.1 Å². The maximum atomic E-state index is 12.8. The number of rotatable bonds is 4. The van der Waals surface area contributed by atoms with Crippen LogP contribution in [0.4, 0.5) is 0 Å². The molecule has 1 aromatic heterocycles. The highest BCUT2D eigenvalue weighted by atomic mass is 16.2. The topological polar surface area (TPSA) is 64.0 Å². The number of carbonyl (C=O) groups excluding carboxylic acids is 1. The van der Waals surface area contributed by atoms with Gasteiger partial charge in [0.2, 0.25) is 5.91 Å². The molecule has 4 rings (SSSR count). The van der Waals surface area contributed by atoms with Crippen LogP contribution >= 0.6 is 0 Å². The Balaban J connectivity index is 1.54. The number of nitrogens with one attached hydrogen (secondary N) is 1. The summed E-state index contributed by atoms with van der Waals surface area (Å²) in [7, 11) is 0. The first-order valence-electron chi connectivity index (χ1n) is 9.11. The van der Waals surface area contributed by atoms with E-state index in [-0.39, 0.29) is 17.5 Å². The van der Waals surface area contributed by atoms with E-state index < -0.39 is 6.04 Å². The van der Waals surface area contributed by atoms with Crippen molar-refractivity contribution in [2.75, 3.05) is 0 Å². The van der Waals surface area contributed by atoms with Crippen molar-refractivity contribution in [2.24, 2.45) is 0 Å². The van der Waals surface area contributed by atoms with Crippen molar-refractivity contribution < 1.29 is 4.79 Å². The van der Waals surface area contributed by atoms with Crippen LogP contribution in [0, 0.1) is 0 Å². The van der Waals surface area contributed by atoms with Crippen LogP contribution in [-0.4, -0.2) is 15.7 Å². The molecule has 0 spiro atoms. The van der Waals surface area contributed by atoms with Gasteiger partial charge in [-0.25, -0.2) is 4.68 Å². The molecule has 1 amide bonds. The third kappa shape index (κ3) is 3.23. The molecule has 1 saturated carbocycles. The zero-order valence-electron chi connectivity index (χ0n) is 14.4. The Morgan fingerprint density at radius 2 is 2.00 bits per heavy atom. The molecule has 0 saturated heterocycles. The van der Waals surface area contributed by atoms with E-state index in [4.69, 9.17) is 0 Å². The third-order valence-electron chi connectivity index (χ3n) is 5.27. The lowest BCUT2D eigenvalue weighted by molar-refractivity contribution is -0.125. The first-order valence-corrected chi connectivity index (χ1v) is 9.11. The van der Waals surface area contributed by atoms with Crippen LogP contribution < -0.4 is 10.9 Å². The van der Waals surface area contributed by atoms with Crippen molar-refractivity contribution in [2.45, 2.75) is 57.0 Å². The predicted molar refractivity (Wildman–Crippen MR) is 95.4 cm³/mol. The molecule has 2 aromatic rings. The van der Waals surface area contributed by atoms with Gasteiger partial charge in [-0.2, -0.15) is 5.10 Å². The van der Waals surface area contributed by atoms with Gasteiger partial charge in [0, 0.05) is 12.0 Å². The number of nitrogens with zero attached hydrogens (tertiary/aromatic N) is 2. The van der Waals surface area contributed by atoms with Gasteiger partial charge in [0.25, 0.3) is 5.56 Å². The number of aryl methyl sites for hydroxylation is 1. The number of aromatic nitrogens is 2. The van der Waals surface area contributed by atoms with Gasteiger partial charge >= 0.3 is 0 Å². The Kier molecular flexibility index (Phi) is 4.15. The highest BCUT2D eigenvalue weighted by Gasteiger charge is 2.28. The van der Waals surface area contributed by atoms with Crippen molar-refractivity contribution >= 4 is 5.91 Å². The normalized spacial score (nSPS) is 20.6. The van der Waals surface area contributed by atoms with Crippen LogP contribution in [0.15, 0.2) is 41.2 Å². The Morgan fingerprint density at radius 3 is 2.80 bits per heavy atom. The molecule has 1 heterocycles. The van der Waals surface area contributed by atoms with Gasteiger partial charge in [0.15, 0.2) is 0 Å². The van der Waals surface area contributed by atoms with Crippen molar-refractivity contribution in [3.8, 4) is 0 Å². The molecule has 130 valence electrons. The SMILES string of the molecule is CC(C(=O)NC1CCCc2ccccc21)n1nc(C2CC2)ccc1=O. The van der Waals surface area contributed by atoms with Gasteiger partial charge in [-0.1, -0.05) is 24.3 Å². The summed E-state index contributed by atoms with van der Waals surface area (Å²) < 4.78 is 1.33. The standard InChI is InChI=1S/C20H23N3O2/c1-13(23-19(24)12-11-17(22-23)15-9-10-15)20(25)21-18-8-4-6-14-5-2-3-7-16(14)18/h2-3,5,7,11-13,15,18H,4,6,8-10H2,1H3,(H,21,25). The molecule has 2 aliphatic rings. The molecule has 0 bridgehead atoms. The summed E-state index contributed by atoms with van der Waals surface area (Å²) in [6.07, 6.45) is 5.28. The molecule has 2 atom stereocenters. The second kappa shape index (κ2) is 6.47. The third-order valence-corrected chi connectivity index (χ3v) is 5.27. The van der Waals surface area contributed by atoms with E-state index in [0.29, 0.717) is 5.92 Å². The van der Waals surface area contributed by atoms with Gasteiger partial charge in [-0.05, 0) is 56.2 Å². The zero-order chi connectivity index (χ0) is 17.4. The summed E-state index contributed by atoms with van der Waals surface area (Å²) in [6.45, 7) is 1.75. The van der Waals surface area contributed by atoms with Gasteiger partial charge in [-0.3, -0.25) is 9.59 Å². The average Bonchev–Trinajstić information content (AvgIpc) is 3.47. The van der Waals surface area contributed by atoms with Crippen LogP contribution in [0.25, 0.3) is 0 Å². The number of hydrogen-bond donors (Lipinski definition) is 1. The zero-order valence-corrected chi connectivity index (χ0v) is 14.4. The predicted octanol–water partition coefficient (Wildman–Crippen LogP) is 2.88. The molecular weight excluding hydrogens is 314 g/mol. The maximum Gasteiger partial charge on any atom is 0.267 e. The van der Waals surface area contributed by atoms with Gasteiger partial charge in [-0.15, -0.1) is 0 Å². The molecule has 0 aliphatic heterocycles. The van der Waals surface area contributed by atoms with E-state index in [1.54, 1.807) is 13.0 Å². The van der Waals surface area contributed by atoms with Crippen LogP contribution in [0.5, 0.6) is 0 Å². The largest absolute Gasteiger partial charge is 0.347 e. The van der Waals surface area contributed by atoms with Crippen molar-refractivity contribution in [3.63, 3.8) is 0 Å². The fourth-order valence-electron chi connectivity index (χ4n) is 3.62. The van der Waals surface area contributed by atoms with Gasteiger partial charge in [0.05, 0.1) is 11.7 Å². The molecule has 5 nitrogen and oxygen atoms in total. The smallest absolute Gasteiger partial charge is 0.267 e. The molecule has 1 N–H and O–H groups in total. The average molecular weight is 337 g/mol. The number of amides is 1. The Bertz CT molecular complexity index is 854. The molecule has 2 aliphatic carbocycles. The monoisotopic (exact) mass is 337 g/mol. The number of hydrogen-bond acceptors (Lipinski definition) is 3. The second-order valence-corrected chi connectivity index (χ2v) is 7.14. The lowest BCUT2D eigenvalue weighted by Gasteiger charge is -2.27. The fraction of sp³-hybridized carbons (Fsp3) is 0.450. The summed E-state index contributed by atoms with van der Waals surface area (Å²) in [5.41, 5.74) is 3.19. The molecule has 1 fully saturated rings. The quantitative estimate of drug-likeness (QED) is 0.933. The minimum Gasteiger partial charge on any atom is -0.347 e. The minimum atomic E-state index is -0.611. The van der Waals surface area contributed by atoms with Crippen LogP contribution in [-0.2, 0) is 11.2 Å². The van der Waals surface area contributed by atoms with E-state index in [2.05, 4.69) is 22.5 Å². The Labute approximate surface area is 147 Å². The van der Waals surface area contributed by atoms with Crippen LogP contribution in [0.1, 0.15) is 67.4 Å².